The monoisotopic (exact) mass is 383 g/mol. The van der Waals surface area contributed by atoms with Gasteiger partial charge in [-0.25, -0.2) is 4.98 Å². The highest BCUT2D eigenvalue weighted by atomic mass is 32.2. The Hall–Kier alpha value is -1.75. The number of carbonyl (C=O) groups excluding carboxylic acids is 1. The predicted molar refractivity (Wildman–Crippen MR) is 111 cm³/mol. The summed E-state index contributed by atoms with van der Waals surface area (Å²) in [6.07, 6.45) is 13.0. The molecule has 27 heavy (non-hydrogen) atoms. The van der Waals surface area contributed by atoms with Crippen LogP contribution in [0, 0.1) is 0 Å². The highest BCUT2D eigenvalue weighted by molar-refractivity contribution is 7.99. The number of aromatic nitrogens is 2. The molecule has 2 aromatic rings. The van der Waals surface area contributed by atoms with Crippen LogP contribution in [0.4, 0.5) is 0 Å². The molecule has 0 radical (unpaired) electrons. The van der Waals surface area contributed by atoms with Crippen LogP contribution in [0.1, 0.15) is 63.8 Å². The molecular weight excluding hydrogens is 354 g/mol. The number of nitrogens with zero attached hydrogens (tertiary/aromatic N) is 2. The Kier molecular flexibility index (Phi) is 6.17. The molecule has 1 N–H and O–H groups in total. The van der Waals surface area contributed by atoms with Gasteiger partial charge in [0.1, 0.15) is 0 Å². The predicted octanol–water partition coefficient (Wildman–Crippen LogP) is 5.21. The maximum Gasteiger partial charge on any atom is 0.230 e. The van der Waals surface area contributed by atoms with Crippen LogP contribution in [0.2, 0.25) is 0 Å². The van der Waals surface area contributed by atoms with Gasteiger partial charge in [0.25, 0.3) is 0 Å². The second-order valence-electron chi connectivity index (χ2n) is 7.79. The minimum atomic E-state index is 0.147. The Balaban J connectivity index is 1.47. The summed E-state index contributed by atoms with van der Waals surface area (Å²) in [7, 11) is 0. The minimum Gasteiger partial charge on any atom is -0.353 e. The second-order valence-corrected chi connectivity index (χ2v) is 8.73. The molecule has 0 bridgehead atoms. The number of amides is 1. The lowest BCUT2D eigenvalue weighted by molar-refractivity contribution is -0.119. The number of hydrogen-bond acceptors (Lipinski definition) is 3. The van der Waals surface area contributed by atoms with Crippen molar-refractivity contribution in [2.45, 2.75) is 75.0 Å². The van der Waals surface area contributed by atoms with Crippen molar-refractivity contribution in [2.24, 2.45) is 0 Å². The number of benzene rings is 1. The number of rotatable bonds is 6. The number of carbonyl (C=O) groups is 1. The molecule has 4 nitrogen and oxygen atoms in total. The second kappa shape index (κ2) is 8.96. The van der Waals surface area contributed by atoms with Gasteiger partial charge < -0.3 is 9.88 Å². The van der Waals surface area contributed by atoms with E-state index in [1.165, 1.54) is 56.2 Å². The summed E-state index contributed by atoms with van der Waals surface area (Å²) in [6, 6.07) is 11.4. The van der Waals surface area contributed by atoms with Crippen molar-refractivity contribution < 1.29 is 4.79 Å². The van der Waals surface area contributed by atoms with Gasteiger partial charge in [-0.3, -0.25) is 4.79 Å². The van der Waals surface area contributed by atoms with Gasteiger partial charge in [0.05, 0.1) is 17.6 Å². The van der Waals surface area contributed by atoms with E-state index in [0.717, 1.165) is 18.0 Å². The zero-order chi connectivity index (χ0) is 18.5. The van der Waals surface area contributed by atoms with E-state index in [1.54, 1.807) is 11.8 Å². The van der Waals surface area contributed by atoms with Crippen LogP contribution in [0.25, 0.3) is 11.3 Å². The minimum absolute atomic E-state index is 0.147. The van der Waals surface area contributed by atoms with Crippen LogP contribution in [-0.4, -0.2) is 27.3 Å². The van der Waals surface area contributed by atoms with Gasteiger partial charge in [-0.1, -0.05) is 74.2 Å². The average Bonchev–Trinajstić information content (AvgIpc) is 3.37. The third-order valence-electron chi connectivity index (χ3n) is 5.82. The zero-order valence-corrected chi connectivity index (χ0v) is 16.7. The van der Waals surface area contributed by atoms with Crippen molar-refractivity contribution >= 4 is 17.7 Å². The Morgan fingerprint density at radius 3 is 2.48 bits per heavy atom. The standard InChI is InChI=1S/C22H29N3OS/c26-21(24-18-11-5-2-6-12-18)16-27-22-23-15-20(17-9-3-1-4-10-17)25(22)19-13-7-8-14-19/h1,3-4,9-10,15,18-19H,2,5-8,11-14,16H2,(H,24,26). The average molecular weight is 384 g/mol. The van der Waals surface area contributed by atoms with Crippen LogP contribution in [0.3, 0.4) is 0 Å². The molecule has 1 heterocycles. The molecule has 2 saturated carbocycles. The highest BCUT2D eigenvalue weighted by Gasteiger charge is 2.24. The van der Waals surface area contributed by atoms with Gasteiger partial charge in [0.2, 0.25) is 5.91 Å². The summed E-state index contributed by atoms with van der Waals surface area (Å²) in [5, 5.41) is 4.21. The van der Waals surface area contributed by atoms with Crippen LogP contribution in [-0.2, 0) is 4.79 Å². The van der Waals surface area contributed by atoms with Gasteiger partial charge >= 0.3 is 0 Å². The van der Waals surface area contributed by atoms with E-state index in [0.29, 0.717) is 17.8 Å². The largest absolute Gasteiger partial charge is 0.353 e. The van der Waals surface area contributed by atoms with Crippen molar-refractivity contribution in [1.82, 2.24) is 14.9 Å². The molecule has 144 valence electrons. The fraction of sp³-hybridized carbons (Fsp3) is 0.545. The van der Waals surface area contributed by atoms with E-state index in [4.69, 9.17) is 4.98 Å². The summed E-state index contributed by atoms with van der Waals surface area (Å²) in [4.78, 5) is 17.1. The topological polar surface area (TPSA) is 46.9 Å². The van der Waals surface area contributed by atoms with Crippen molar-refractivity contribution in [3.05, 3.63) is 36.5 Å². The van der Waals surface area contributed by atoms with Gasteiger partial charge in [-0.05, 0) is 31.2 Å². The van der Waals surface area contributed by atoms with Crippen molar-refractivity contribution in [3.63, 3.8) is 0 Å². The lowest BCUT2D eigenvalue weighted by Crippen LogP contribution is -2.37. The van der Waals surface area contributed by atoms with E-state index < -0.39 is 0 Å². The van der Waals surface area contributed by atoms with Crippen LogP contribution >= 0.6 is 11.8 Å². The number of imidazole rings is 1. The molecule has 1 aromatic heterocycles. The molecule has 2 fully saturated rings. The molecule has 4 rings (SSSR count). The van der Waals surface area contributed by atoms with Crippen LogP contribution in [0.15, 0.2) is 41.7 Å². The first-order chi connectivity index (χ1) is 13.3. The Morgan fingerprint density at radius 1 is 1.04 bits per heavy atom. The van der Waals surface area contributed by atoms with Crippen molar-refractivity contribution in [3.8, 4) is 11.3 Å². The normalized spacial score (nSPS) is 18.7. The lowest BCUT2D eigenvalue weighted by Gasteiger charge is -2.23. The fourth-order valence-electron chi connectivity index (χ4n) is 4.43. The SMILES string of the molecule is O=C(CSc1ncc(-c2ccccc2)n1C1CCCC1)NC1CCCCC1. The zero-order valence-electron chi connectivity index (χ0n) is 15.9. The molecule has 2 aliphatic carbocycles. The molecule has 5 heteroatoms. The maximum absolute atomic E-state index is 12.4. The van der Waals surface area contributed by atoms with E-state index in [1.807, 2.05) is 12.3 Å². The summed E-state index contributed by atoms with van der Waals surface area (Å²) in [5.41, 5.74) is 2.38. The smallest absolute Gasteiger partial charge is 0.230 e. The lowest BCUT2D eigenvalue weighted by atomic mass is 9.95. The molecule has 2 aliphatic rings. The third-order valence-corrected chi connectivity index (χ3v) is 6.79. The van der Waals surface area contributed by atoms with Gasteiger partial charge in [0.15, 0.2) is 5.16 Å². The number of thioether (sulfide) groups is 1. The molecule has 0 saturated heterocycles. The Morgan fingerprint density at radius 2 is 1.74 bits per heavy atom. The third kappa shape index (κ3) is 4.57. The molecule has 0 atom stereocenters. The summed E-state index contributed by atoms with van der Waals surface area (Å²) >= 11 is 1.59. The van der Waals surface area contributed by atoms with E-state index in [-0.39, 0.29) is 5.91 Å². The first kappa shape index (κ1) is 18.6. The highest BCUT2D eigenvalue weighted by Crippen LogP contribution is 2.37. The van der Waals surface area contributed by atoms with Crippen LogP contribution in [0.5, 0.6) is 0 Å². The number of hydrogen-bond donors (Lipinski definition) is 1. The number of nitrogens with one attached hydrogen (secondary N) is 1. The van der Waals surface area contributed by atoms with Gasteiger partial charge in [-0.15, -0.1) is 0 Å². The van der Waals surface area contributed by atoms with E-state index in [2.05, 4.69) is 34.1 Å². The van der Waals surface area contributed by atoms with E-state index in [9.17, 15) is 4.79 Å². The molecule has 1 amide bonds. The summed E-state index contributed by atoms with van der Waals surface area (Å²) < 4.78 is 2.39. The molecule has 1 aromatic carbocycles. The molecule has 0 aliphatic heterocycles. The Bertz CT molecular complexity index is 746. The van der Waals surface area contributed by atoms with Crippen molar-refractivity contribution in [2.75, 3.05) is 5.75 Å². The summed E-state index contributed by atoms with van der Waals surface area (Å²) in [5.74, 6) is 0.600. The molecule has 0 spiro atoms. The fourth-order valence-corrected chi connectivity index (χ4v) is 5.29. The molecular formula is C22H29N3OS. The van der Waals surface area contributed by atoms with Crippen LogP contribution < -0.4 is 5.32 Å². The summed E-state index contributed by atoms with van der Waals surface area (Å²) in [6.45, 7) is 0. The van der Waals surface area contributed by atoms with Gasteiger partial charge in [-0.2, -0.15) is 0 Å². The first-order valence-electron chi connectivity index (χ1n) is 10.4. The first-order valence-corrected chi connectivity index (χ1v) is 11.3. The quantitative estimate of drug-likeness (QED) is 0.697. The maximum atomic E-state index is 12.4. The van der Waals surface area contributed by atoms with Crippen molar-refractivity contribution in [1.29, 1.82) is 0 Å². The van der Waals surface area contributed by atoms with E-state index >= 15 is 0 Å². The molecule has 0 unspecified atom stereocenters. The Labute approximate surface area is 166 Å². The van der Waals surface area contributed by atoms with Gasteiger partial charge in [0, 0.05) is 12.1 Å².